The molecule has 0 N–H and O–H groups in total. The molecular weight excluding hydrogens is 418 g/mol. The van der Waals surface area contributed by atoms with Gasteiger partial charge in [0.25, 0.3) is 11.8 Å². The summed E-state index contributed by atoms with van der Waals surface area (Å²) in [4.78, 5) is 44.8. The Morgan fingerprint density at radius 2 is 1.94 bits per heavy atom. The average Bonchev–Trinajstić information content (AvgIpc) is 3.43. The van der Waals surface area contributed by atoms with E-state index in [1.807, 2.05) is 11.4 Å². The minimum atomic E-state index is -0.815. The number of methoxy groups -OCH3 is 1. The van der Waals surface area contributed by atoms with Crippen molar-refractivity contribution in [3.8, 4) is 5.75 Å². The Hall–Kier alpha value is -2.75. The highest BCUT2D eigenvalue weighted by molar-refractivity contribution is 7.12. The van der Waals surface area contributed by atoms with Crippen molar-refractivity contribution in [3.05, 3.63) is 46.7 Å². The molecule has 0 saturated carbocycles. The smallest absolute Gasteiger partial charge is 0.264 e. The summed E-state index contributed by atoms with van der Waals surface area (Å²) in [7, 11) is 1.56. The number of anilines is 1. The van der Waals surface area contributed by atoms with E-state index in [0.717, 1.165) is 13.1 Å². The van der Waals surface area contributed by atoms with Crippen molar-refractivity contribution < 1.29 is 23.9 Å². The van der Waals surface area contributed by atoms with Gasteiger partial charge in [-0.2, -0.15) is 0 Å². The van der Waals surface area contributed by atoms with Crippen molar-refractivity contribution in [2.24, 2.45) is 0 Å². The fourth-order valence-corrected chi connectivity index (χ4v) is 4.56. The first-order valence-electron chi connectivity index (χ1n) is 10.2. The first-order chi connectivity index (χ1) is 15.1. The van der Waals surface area contributed by atoms with E-state index in [1.54, 1.807) is 42.3 Å². The van der Waals surface area contributed by atoms with Crippen LogP contribution in [0.3, 0.4) is 0 Å². The zero-order chi connectivity index (χ0) is 21.8. The molecule has 2 aliphatic rings. The predicted molar refractivity (Wildman–Crippen MR) is 117 cm³/mol. The molecule has 3 amide bonds. The number of hydrogen-bond donors (Lipinski definition) is 0. The Kier molecular flexibility index (Phi) is 6.64. The second-order valence-electron chi connectivity index (χ2n) is 7.42. The van der Waals surface area contributed by atoms with Crippen LogP contribution in [-0.4, -0.2) is 80.1 Å². The molecule has 9 heteroatoms. The van der Waals surface area contributed by atoms with Gasteiger partial charge >= 0.3 is 0 Å². The lowest BCUT2D eigenvalue weighted by Gasteiger charge is -2.32. The van der Waals surface area contributed by atoms with Gasteiger partial charge in [-0.25, -0.2) is 4.90 Å². The lowest BCUT2D eigenvalue weighted by atomic mass is 10.2. The van der Waals surface area contributed by atoms with Gasteiger partial charge in [-0.3, -0.25) is 19.3 Å². The van der Waals surface area contributed by atoms with Crippen LogP contribution in [0.1, 0.15) is 16.1 Å². The molecule has 31 heavy (non-hydrogen) atoms. The number of rotatable bonds is 7. The van der Waals surface area contributed by atoms with Gasteiger partial charge in [0.2, 0.25) is 5.91 Å². The maximum Gasteiger partial charge on any atom is 0.264 e. The Morgan fingerprint density at radius 3 is 2.58 bits per heavy atom. The molecule has 3 heterocycles. The average molecular weight is 444 g/mol. The molecule has 0 radical (unpaired) electrons. The van der Waals surface area contributed by atoms with E-state index in [2.05, 4.69) is 4.90 Å². The first-order valence-corrected chi connectivity index (χ1v) is 11.1. The largest absolute Gasteiger partial charge is 0.497 e. The van der Waals surface area contributed by atoms with Gasteiger partial charge in [-0.05, 0) is 35.7 Å². The molecule has 2 aromatic rings. The monoisotopic (exact) mass is 443 g/mol. The highest BCUT2D eigenvalue weighted by Crippen LogP contribution is 2.28. The topological polar surface area (TPSA) is 79.4 Å². The van der Waals surface area contributed by atoms with Crippen LogP contribution in [0.2, 0.25) is 0 Å². The van der Waals surface area contributed by atoms with Gasteiger partial charge in [0, 0.05) is 26.2 Å². The summed E-state index contributed by atoms with van der Waals surface area (Å²) in [5.41, 5.74) is 0.481. The summed E-state index contributed by atoms with van der Waals surface area (Å²) in [6, 6.07) is 9.50. The van der Waals surface area contributed by atoms with E-state index in [0.29, 0.717) is 42.6 Å². The number of carbonyl (C=O) groups is 3. The van der Waals surface area contributed by atoms with E-state index in [1.165, 1.54) is 16.2 Å². The number of amides is 3. The zero-order valence-electron chi connectivity index (χ0n) is 17.4. The summed E-state index contributed by atoms with van der Waals surface area (Å²) < 4.78 is 10.5. The summed E-state index contributed by atoms with van der Waals surface area (Å²) in [5.74, 6) is -0.261. The number of benzene rings is 1. The van der Waals surface area contributed by atoms with E-state index in [-0.39, 0.29) is 24.1 Å². The standard InChI is InChI=1S/C22H25N3O5S/c1-29-17-6-4-16(5-7-17)25-20(26)15-18(21(25)27)24(22(28)19-3-2-14-31-19)9-8-23-10-12-30-13-11-23/h2-7,14,18H,8-13,15H2,1H3. The van der Waals surface area contributed by atoms with Crippen molar-refractivity contribution in [2.45, 2.75) is 12.5 Å². The molecule has 1 atom stereocenters. The molecule has 1 aromatic heterocycles. The van der Waals surface area contributed by atoms with Crippen LogP contribution in [-0.2, 0) is 14.3 Å². The fourth-order valence-electron chi connectivity index (χ4n) is 3.88. The SMILES string of the molecule is COc1ccc(N2C(=O)CC(N(CCN3CCOCC3)C(=O)c3cccs3)C2=O)cc1. The Bertz CT molecular complexity index is 925. The van der Waals surface area contributed by atoms with Gasteiger partial charge in [-0.1, -0.05) is 6.07 Å². The van der Waals surface area contributed by atoms with Crippen molar-refractivity contribution >= 4 is 34.7 Å². The Balaban J connectivity index is 1.55. The normalized spacial score (nSPS) is 19.6. The summed E-state index contributed by atoms with van der Waals surface area (Å²) in [5, 5.41) is 1.83. The highest BCUT2D eigenvalue weighted by Gasteiger charge is 2.44. The second-order valence-corrected chi connectivity index (χ2v) is 8.36. The van der Waals surface area contributed by atoms with Crippen molar-refractivity contribution in [1.82, 2.24) is 9.80 Å². The van der Waals surface area contributed by atoms with E-state index in [4.69, 9.17) is 9.47 Å². The lowest BCUT2D eigenvalue weighted by Crippen LogP contribution is -2.49. The van der Waals surface area contributed by atoms with E-state index >= 15 is 0 Å². The van der Waals surface area contributed by atoms with Crippen LogP contribution in [0, 0.1) is 0 Å². The molecule has 0 aliphatic carbocycles. The third kappa shape index (κ3) is 4.63. The lowest BCUT2D eigenvalue weighted by molar-refractivity contribution is -0.122. The van der Waals surface area contributed by atoms with Crippen molar-refractivity contribution in [1.29, 1.82) is 0 Å². The predicted octanol–water partition coefficient (Wildman–Crippen LogP) is 1.86. The summed E-state index contributed by atoms with van der Waals surface area (Å²) >= 11 is 1.33. The first kappa shape index (κ1) is 21.5. The summed E-state index contributed by atoms with van der Waals surface area (Å²) in [6.07, 6.45) is -0.0227. The molecular formula is C22H25N3O5S. The second kappa shape index (κ2) is 9.59. The maximum atomic E-state index is 13.3. The quantitative estimate of drug-likeness (QED) is 0.608. The van der Waals surface area contributed by atoms with Gasteiger partial charge < -0.3 is 14.4 Å². The molecule has 8 nitrogen and oxygen atoms in total. The molecule has 2 aliphatic heterocycles. The minimum Gasteiger partial charge on any atom is -0.497 e. The van der Waals surface area contributed by atoms with Gasteiger partial charge in [0.15, 0.2) is 0 Å². The number of nitrogens with zero attached hydrogens (tertiary/aromatic N) is 3. The number of thiophene rings is 1. The van der Waals surface area contributed by atoms with Crippen LogP contribution < -0.4 is 9.64 Å². The number of carbonyl (C=O) groups excluding carboxylic acids is 3. The maximum absolute atomic E-state index is 13.3. The number of ether oxygens (including phenoxy) is 2. The summed E-state index contributed by atoms with van der Waals surface area (Å²) in [6.45, 7) is 3.89. The number of hydrogen-bond acceptors (Lipinski definition) is 7. The minimum absolute atomic E-state index is 0.0227. The van der Waals surface area contributed by atoms with Crippen molar-refractivity contribution in [2.75, 3.05) is 51.4 Å². The molecule has 0 spiro atoms. The Labute approximate surface area is 184 Å². The molecule has 4 rings (SSSR count). The van der Waals surface area contributed by atoms with Crippen LogP contribution in [0.5, 0.6) is 5.75 Å². The fraction of sp³-hybridized carbons (Fsp3) is 0.409. The molecule has 1 unspecified atom stereocenters. The molecule has 1 aromatic carbocycles. The van der Waals surface area contributed by atoms with Gasteiger partial charge in [0.05, 0.1) is 37.3 Å². The van der Waals surface area contributed by atoms with E-state index in [9.17, 15) is 14.4 Å². The van der Waals surface area contributed by atoms with E-state index < -0.39 is 6.04 Å². The van der Waals surface area contributed by atoms with Crippen LogP contribution in [0.15, 0.2) is 41.8 Å². The highest BCUT2D eigenvalue weighted by atomic mass is 32.1. The number of morpholine rings is 1. The van der Waals surface area contributed by atoms with Crippen LogP contribution in [0.25, 0.3) is 0 Å². The molecule has 164 valence electrons. The molecule has 2 saturated heterocycles. The van der Waals surface area contributed by atoms with Crippen molar-refractivity contribution in [3.63, 3.8) is 0 Å². The molecule has 2 fully saturated rings. The third-order valence-electron chi connectivity index (χ3n) is 5.58. The van der Waals surface area contributed by atoms with Gasteiger partial charge in [0.1, 0.15) is 11.8 Å². The Morgan fingerprint density at radius 1 is 1.19 bits per heavy atom. The third-order valence-corrected chi connectivity index (χ3v) is 6.44. The van der Waals surface area contributed by atoms with Gasteiger partial charge in [-0.15, -0.1) is 11.3 Å². The zero-order valence-corrected chi connectivity index (χ0v) is 18.2. The molecule has 0 bridgehead atoms. The van der Waals surface area contributed by atoms with Crippen LogP contribution in [0.4, 0.5) is 5.69 Å². The number of imide groups is 1. The van der Waals surface area contributed by atoms with Crippen LogP contribution >= 0.6 is 11.3 Å².